The van der Waals surface area contributed by atoms with E-state index in [1.165, 1.54) is 0 Å². The molecule has 30 heavy (non-hydrogen) atoms. The number of hydrogen-bond acceptors (Lipinski definition) is 3. The molecule has 0 aliphatic heterocycles. The normalized spacial score (nSPS) is 10.7. The summed E-state index contributed by atoms with van der Waals surface area (Å²) in [4.78, 5) is 13.6. The van der Waals surface area contributed by atoms with Crippen molar-refractivity contribution in [2.75, 3.05) is 0 Å². The molecule has 0 fully saturated rings. The highest BCUT2D eigenvalue weighted by atomic mass is 15.0. The zero-order valence-corrected chi connectivity index (χ0v) is 16.3. The lowest BCUT2D eigenvalue weighted by Gasteiger charge is -2.11. The predicted octanol–water partition coefficient (Wildman–Crippen LogP) is 6.54. The summed E-state index contributed by atoms with van der Waals surface area (Å²) in [5.41, 5.74) is 6.53. The molecule has 0 saturated heterocycles. The van der Waals surface area contributed by atoms with Gasteiger partial charge in [0, 0.05) is 11.1 Å². The predicted molar refractivity (Wildman–Crippen MR) is 122 cm³/mol. The summed E-state index contributed by atoms with van der Waals surface area (Å²) in [5.74, 6) is 1.34. The second-order valence-electron chi connectivity index (χ2n) is 7.03. The fourth-order valence-electron chi connectivity index (χ4n) is 3.51. The molecule has 4 aromatic carbocycles. The van der Waals surface area contributed by atoms with E-state index in [4.69, 9.17) is 4.98 Å². The lowest BCUT2D eigenvalue weighted by molar-refractivity contribution is 1.07. The van der Waals surface area contributed by atoms with E-state index >= 15 is 0 Å². The summed E-state index contributed by atoms with van der Waals surface area (Å²) in [6.07, 6.45) is 1.59. The van der Waals surface area contributed by atoms with Gasteiger partial charge in [0.05, 0.1) is 0 Å². The van der Waals surface area contributed by atoms with E-state index in [0.29, 0.717) is 11.6 Å². The first-order chi connectivity index (χ1) is 14.9. The van der Waals surface area contributed by atoms with Gasteiger partial charge in [0.15, 0.2) is 11.6 Å². The number of hydrogen-bond donors (Lipinski definition) is 0. The highest BCUT2D eigenvalue weighted by Gasteiger charge is 2.10. The molecule has 0 radical (unpaired) electrons. The smallest absolute Gasteiger partial charge is 0.163 e. The molecule has 142 valence electrons. The maximum atomic E-state index is 4.76. The monoisotopic (exact) mass is 385 g/mol. The molecule has 1 heterocycles. The fourth-order valence-corrected chi connectivity index (χ4v) is 3.51. The van der Waals surface area contributed by atoms with Gasteiger partial charge in [-0.1, -0.05) is 91.0 Å². The Morgan fingerprint density at radius 3 is 1.27 bits per heavy atom. The Bertz CT molecular complexity index is 1210. The molecule has 5 aromatic rings. The molecular weight excluding hydrogens is 366 g/mol. The van der Waals surface area contributed by atoms with E-state index in [2.05, 4.69) is 76.7 Å². The Kier molecular flexibility index (Phi) is 4.84. The lowest BCUT2D eigenvalue weighted by Crippen LogP contribution is -1.96. The highest BCUT2D eigenvalue weighted by Crippen LogP contribution is 2.32. The molecule has 3 heteroatoms. The third-order valence-electron chi connectivity index (χ3n) is 5.01. The second kappa shape index (κ2) is 8.10. The van der Waals surface area contributed by atoms with E-state index in [1.807, 2.05) is 42.5 Å². The largest absolute Gasteiger partial charge is 0.217 e. The van der Waals surface area contributed by atoms with Crippen LogP contribution in [0, 0.1) is 0 Å². The van der Waals surface area contributed by atoms with Crippen LogP contribution in [0.15, 0.2) is 116 Å². The summed E-state index contributed by atoms with van der Waals surface area (Å²) in [6, 6.07) is 37.3. The standard InChI is InChI=1S/C27H19N3/c1-4-10-20(11-5-1)23-16-24(21-12-6-2-7-13-21)18-25(17-23)27-29-19-28-26(30-27)22-14-8-3-9-15-22/h1-19H. The van der Waals surface area contributed by atoms with E-state index in [0.717, 1.165) is 33.4 Å². The summed E-state index contributed by atoms with van der Waals surface area (Å²) >= 11 is 0. The SMILES string of the molecule is c1ccc(-c2cc(-c3ccccc3)cc(-c3ncnc(-c4ccccc4)n3)c2)cc1. The van der Waals surface area contributed by atoms with Crippen LogP contribution in [0.2, 0.25) is 0 Å². The topological polar surface area (TPSA) is 38.7 Å². The Morgan fingerprint density at radius 2 is 0.767 bits per heavy atom. The number of aromatic nitrogens is 3. The Balaban J connectivity index is 1.67. The quantitative estimate of drug-likeness (QED) is 0.352. The average Bonchev–Trinajstić information content (AvgIpc) is 2.85. The van der Waals surface area contributed by atoms with Gasteiger partial charge in [0.25, 0.3) is 0 Å². The maximum absolute atomic E-state index is 4.76. The molecule has 0 atom stereocenters. The van der Waals surface area contributed by atoms with Gasteiger partial charge in [-0.15, -0.1) is 0 Å². The summed E-state index contributed by atoms with van der Waals surface area (Å²) in [5, 5.41) is 0. The zero-order chi connectivity index (χ0) is 20.2. The molecular formula is C27H19N3. The molecule has 0 bridgehead atoms. The van der Waals surface area contributed by atoms with Gasteiger partial charge in [-0.3, -0.25) is 0 Å². The van der Waals surface area contributed by atoms with Crippen LogP contribution in [0.5, 0.6) is 0 Å². The summed E-state index contributed by atoms with van der Waals surface area (Å²) in [7, 11) is 0. The Labute approximate surface area is 175 Å². The minimum Gasteiger partial charge on any atom is -0.217 e. The number of rotatable bonds is 4. The van der Waals surface area contributed by atoms with Crippen LogP contribution in [0.3, 0.4) is 0 Å². The van der Waals surface area contributed by atoms with Crippen molar-refractivity contribution >= 4 is 0 Å². The Morgan fingerprint density at radius 1 is 0.367 bits per heavy atom. The minimum atomic E-state index is 0.666. The van der Waals surface area contributed by atoms with Crippen molar-refractivity contribution in [2.24, 2.45) is 0 Å². The van der Waals surface area contributed by atoms with Crippen molar-refractivity contribution in [2.45, 2.75) is 0 Å². The second-order valence-corrected chi connectivity index (χ2v) is 7.03. The van der Waals surface area contributed by atoms with E-state index in [9.17, 15) is 0 Å². The van der Waals surface area contributed by atoms with Gasteiger partial charge >= 0.3 is 0 Å². The molecule has 0 spiro atoms. The van der Waals surface area contributed by atoms with Crippen molar-refractivity contribution < 1.29 is 0 Å². The molecule has 0 aliphatic carbocycles. The van der Waals surface area contributed by atoms with Crippen molar-refractivity contribution in [3.8, 4) is 45.0 Å². The van der Waals surface area contributed by atoms with E-state index in [1.54, 1.807) is 6.33 Å². The summed E-state index contributed by atoms with van der Waals surface area (Å²) in [6.45, 7) is 0. The van der Waals surface area contributed by atoms with Gasteiger partial charge in [-0.25, -0.2) is 15.0 Å². The van der Waals surface area contributed by atoms with Gasteiger partial charge in [0.2, 0.25) is 0 Å². The van der Waals surface area contributed by atoms with Gasteiger partial charge in [-0.05, 0) is 40.5 Å². The lowest BCUT2D eigenvalue weighted by atomic mass is 9.96. The van der Waals surface area contributed by atoms with Crippen molar-refractivity contribution in [3.63, 3.8) is 0 Å². The molecule has 1 aromatic heterocycles. The number of nitrogens with zero attached hydrogens (tertiary/aromatic N) is 3. The van der Waals surface area contributed by atoms with Crippen LogP contribution in [-0.2, 0) is 0 Å². The molecule has 0 amide bonds. The van der Waals surface area contributed by atoms with E-state index < -0.39 is 0 Å². The third-order valence-corrected chi connectivity index (χ3v) is 5.01. The Hall–Kier alpha value is -4.11. The highest BCUT2D eigenvalue weighted by molar-refractivity contribution is 5.79. The van der Waals surface area contributed by atoms with Crippen LogP contribution < -0.4 is 0 Å². The zero-order valence-electron chi connectivity index (χ0n) is 16.3. The minimum absolute atomic E-state index is 0.666. The van der Waals surface area contributed by atoms with Crippen molar-refractivity contribution in [1.82, 2.24) is 15.0 Å². The fraction of sp³-hybridized carbons (Fsp3) is 0. The first kappa shape index (κ1) is 18.0. The van der Waals surface area contributed by atoms with Crippen LogP contribution in [0.4, 0.5) is 0 Å². The van der Waals surface area contributed by atoms with Crippen LogP contribution in [-0.4, -0.2) is 15.0 Å². The summed E-state index contributed by atoms with van der Waals surface area (Å²) < 4.78 is 0. The van der Waals surface area contributed by atoms with E-state index in [-0.39, 0.29) is 0 Å². The molecule has 3 nitrogen and oxygen atoms in total. The van der Waals surface area contributed by atoms with Crippen LogP contribution >= 0.6 is 0 Å². The van der Waals surface area contributed by atoms with Gasteiger partial charge in [-0.2, -0.15) is 0 Å². The first-order valence-electron chi connectivity index (χ1n) is 9.87. The molecule has 0 N–H and O–H groups in total. The maximum Gasteiger partial charge on any atom is 0.163 e. The molecule has 5 rings (SSSR count). The van der Waals surface area contributed by atoms with Gasteiger partial charge in [0.1, 0.15) is 6.33 Å². The van der Waals surface area contributed by atoms with Crippen LogP contribution in [0.25, 0.3) is 45.0 Å². The molecule has 0 aliphatic rings. The number of benzene rings is 4. The first-order valence-corrected chi connectivity index (χ1v) is 9.87. The average molecular weight is 385 g/mol. The molecule has 0 saturated carbocycles. The van der Waals surface area contributed by atoms with Crippen molar-refractivity contribution in [3.05, 3.63) is 116 Å². The third kappa shape index (κ3) is 3.74. The molecule has 0 unspecified atom stereocenters. The van der Waals surface area contributed by atoms with Crippen LogP contribution in [0.1, 0.15) is 0 Å². The van der Waals surface area contributed by atoms with Crippen molar-refractivity contribution in [1.29, 1.82) is 0 Å². The van der Waals surface area contributed by atoms with Gasteiger partial charge < -0.3 is 0 Å².